The Morgan fingerprint density at radius 2 is 1.81 bits per heavy atom. The summed E-state index contributed by atoms with van der Waals surface area (Å²) in [5.74, 6) is 1.30. The van der Waals surface area contributed by atoms with Gasteiger partial charge in [-0.3, -0.25) is 0 Å². The second-order valence-electron chi connectivity index (χ2n) is 7.33. The zero-order chi connectivity index (χ0) is 18.8. The average Bonchev–Trinajstić information content (AvgIpc) is 2.86. The summed E-state index contributed by atoms with van der Waals surface area (Å²) in [6.45, 7) is 3.99. The number of aryl methyl sites for hydroxylation is 1. The number of hydrogen-bond donors (Lipinski definition) is 0. The molecule has 0 amide bonds. The maximum atomic E-state index is 5.32. The molecule has 1 aromatic heterocycles. The summed E-state index contributed by atoms with van der Waals surface area (Å²) >= 11 is 0. The van der Waals surface area contributed by atoms with E-state index in [9.17, 15) is 0 Å². The van der Waals surface area contributed by atoms with Gasteiger partial charge in [-0.25, -0.2) is 0 Å². The fraction of sp³-hybridized carbons (Fsp3) is 0.304. The highest BCUT2D eigenvalue weighted by Crippen LogP contribution is 2.36. The summed E-state index contributed by atoms with van der Waals surface area (Å²) < 4.78 is 5.32. The quantitative estimate of drug-likeness (QED) is 0.693. The lowest BCUT2D eigenvalue weighted by molar-refractivity contribution is 0.328. The van der Waals surface area contributed by atoms with Gasteiger partial charge in [-0.05, 0) is 74.0 Å². The van der Waals surface area contributed by atoms with Crippen molar-refractivity contribution >= 4 is 0 Å². The first-order chi connectivity index (χ1) is 13.1. The van der Waals surface area contributed by atoms with Gasteiger partial charge in [0.2, 0.25) is 0 Å². The van der Waals surface area contributed by atoms with Crippen LogP contribution in [0.1, 0.15) is 34.7 Å². The lowest BCUT2D eigenvalue weighted by Gasteiger charge is -2.19. The molecule has 0 saturated heterocycles. The van der Waals surface area contributed by atoms with Crippen LogP contribution >= 0.6 is 0 Å². The number of fused-ring (bicyclic) bond motifs is 1. The maximum Gasteiger partial charge on any atom is 0.118 e. The Morgan fingerprint density at radius 1 is 1.00 bits per heavy atom. The molecule has 0 N–H and O–H groups in total. The predicted molar refractivity (Wildman–Crippen MR) is 108 cm³/mol. The predicted octanol–water partition coefficient (Wildman–Crippen LogP) is 4.43. The van der Waals surface area contributed by atoms with Crippen LogP contribution in [0.3, 0.4) is 0 Å². The van der Waals surface area contributed by atoms with Crippen molar-refractivity contribution in [3.05, 3.63) is 77.0 Å². The van der Waals surface area contributed by atoms with Crippen molar-refractivity contribution in [2.24, 2.45) is 0 Å². The second-order valence-corrected chi connectivity index (χ2v) is 7.33. The van der Waals surface area contributed by atoms with Crippen molar-refractivity contribution in [1.29, 1.82) is 0 Å². The van der Waals surface area contributed by atoms with E-state index in [4.69, 9.17) is 4.74 Å². The summed E-state index contributed by atoms with van der Waals surface area (Å²) in [6.07, 6.45) is 1.11. The van der Waals surface area contributed by atoms with E-state index < -0.39 is 0 Å². The number of nitrogens with zero attached hydrogens (tertiary/aromatic N) is 3. The fourth-order valence-corrected chi connectivity index (χ4v) is 3.85. The third-order valence-electron chi connectivity index (χ3n) is 5.37. The molecule has 138 valence electrons. The van der Waals surface area contributed by atoms with Gasteiger partial charge in [0.1, 0.15) is 5.75 Å². The highest BCUT2D eigenvalue weighted by Gasteiger charge is 2.23. The Bertz CT molecular complexity index is 919. The van der Waals surface area contributed by atoms with E-state index in [1.807, 2.05) is 19.1 Å². The molecule has 3 aromatic rings. The first kappa shape index (κ1) is 17.7. The molecule has 4 heteroatoms. The highest BCUT2D eigenvalue weighted by atomic mass is 16.5. The van der Waals surface area contributed by atoms with E-state index in [1.54, 1.807) is 7.11 Å². The molecular weight excluding hydrogens is 334 g/mol. The van der Waals surface area contributed by atoms with E-state index in [1.165, 1.54) is 16.7 Å². The Kier molecular flexibility index (Phi) is 4.90. The molecule has 2 heterocycles. The van der Waals surface area contributed by atoms with Gasteiger partial charge in [0, 0.05) is 18.0 Å². The molecule has 0 fully saturated rings. The van der Waals surface area contributed by atoms with Gasteiger partial charge >= 0.3 is 0 Å². The Balaban J connectivity index is 1.74. The van der Waals surface area contributed by atoms with Crippen LogP contribution in [0.15, 0.2) is 54.6 Å². The number of hydrogen-bond acceptors (Lipinski definition) is 4. The van der Waals surface area contributed by atoms with Gasteiger partial charge in [0.05, 0.1) is 18.5 Å². The second kappa shape index (κ2) is 7.49. The number of methoxy groups -OCH3 is 1. The topological polar surface area (TPSA) is 38.2 Å². The Morgan fingerprint density at radius 3 is 2.52 bits per heavy atom. The molecule has 0 radical (unpaired) electrons. The van der Waals surface area contributed by atoms with Crippen molar-refractivity contribution < 1.29 is 4.74 Å². The Labute approximate surface area is 160 Å². The monoisotopic (exact) mass is 359 g/mol. The minimum absolute atomic E-state index is 0.397. The Hall–Kier alpha value is -2.72. The molecule has 1 atom stereocenters. The summed E-state index contributed by atoms with van der Waals surface area (Å²) in [6, 6.07) is 19.3. The molecule has 1 aliphatic heterocycles. The zero-order valence-corrected chi connectivity index (χ0v) is 16.1. The summed E-state index contributed by atoms with van der Waals surface area (Å²) in [5, 5.41) is 8.57. The smallest absolute Gasteiger partial charge is 0.118 e. The molecule has 4 rings (SSSR count). The zero-order valence-electron chi connectivity index (χ0n) is 16.1. The third kappa shape index (κ3) is 3.71. The first-order valence-electron chi connectivity index (χ1n) is 9.40. The van der Waals surface area contributed by atoms with Gasteiger partial charge in [-0.1, -0.05) is 24.3 Å². The minimum atomic E-state index is 0.397. The molecule has 1 aliphatic rings. The largest absolute Gasteiger partial charge is 0.497 e. The van der Waals surface area contributed by atoms with E-state index in [2.05, 4.69) is 64.6 Å². The van der Waals surface area contributed by atoms with Gasteiger partial charge in [-0.15, -0.1) is 0 Å². The standard InChI is InChI=1S/C23H25N3O/c1-16-4-11-23(25-24-16)18-7-10-21-19(14-18)15-26(2)13-12-22(21)17-5-8-20(27-3)9-6-17/h4-11,14,22H,12-13,15H2,1-3H3. The third-order valence-corrected chi connectivity index (χ3v) is 5.37. The molecule has 4 nitrogen and oxygen atoms in total. The van der Waals surface area contributed by atoms with Crippen LogP contribution in [-0.2, 0) is 6.54 Å². The average molecular weight is 359 g/mol. The molecule has 0 aliphatic carbocycles. The SMILES string of the molecule is COc1ccc(C2CCN(C)Cc3cc(-c4ccc(C)nn4)ccc32)cc1. The van der Waals surface area contributed by atoms with Crippen LogP contribution < -0.4 is 4.74 Å². The lowest BCUT2D eigenvalue weighted by Crippen LogP contribution is -2.17. The number of aromatic nitrogens is 2. The van der Waals surface area contributed by atoms with E-state index in [-0.39, 0.29) is 0 Å². The van der Waals surface area contributed by atoms with E-state index >= 15 is 0 Å². The van der Waals surface area contributed by atoms with Gasteiger partial charge in [0.15, 0.2) is 0 Å². The number of ether oxygens (including phenoxy) is 1. The number of rotatable bonds is 3. The van der Waals surface area contributed by atoms with Crippen LogP contribution in [0, 0.1) is 6.92 Å². The normalized spacial score (nSPS) is 17.2. The summed E-state index contributed by atoms with van der Waals surface area (Å²) in [7, 11) is 3.90. The summed E-state index contributed by atoms with van der Waals surface area (Å²) in [5.41, 5.74) is 7.12. The van der Waals surface area contributed by atoms with E-state index in [0.29, 0.717) is 5.92 Å². The van der Waals surface area contributed by atoms with E-state index in [0.717, 1.165) is 42.2 Å². The van der Waals surface area contributed by atoms with Crippen molar-refractivity contribution in [3.63, 3.8) is 0 Å². The van der Waals surface area contributed by atoms with Crippen molar-refractivity contribution in [1.82, 2.24) is 15.1 Å². The van der Waals surface area contributed by atoms with Crippen LogP contribution in [0.2, 0.25) is 0 Å². The van der Waals surface area contributed by atoms with Crippen molar-refractivity contribution in [3.8, 4) is 17.0 Å². The summed E-state index contributed by atoms with van der Waals surface area (Å²) in [4.78, 5) is 2.40. The maximum absolute atomic E-state index is 5.32. The molecule has 0 spiro atoms. The molecule has 0 saturated carbocycles. The van der Waals surface area contributed by atoms with Gasteiger partial charge < -0.3 is 9.64 Å². The lowest BCUT2D eigenvalue weighted by atomic mass is 9.85. The van der Waals surface area contributed by atoms with Crippen molar-refractivity contribution in [2.75, 3.05) is 20.7 Å². The molecule has 2 aromatic carbocycles. The van der Waals surface area contributed by atoms with Crippen molar-refractivity contribution in [2.45, 2.75) is 25.8 Å². The number of benzene rings is 2. The fourth-order valence-electron chi connectivity index (χ4n) is 3.85. The molecular formula is C23H25N3O. The van der Waals surface area contributed by atoms with Crippen LogP contribution in [-0.4, -0.2) is 35.8 Å². The van der Waals surface area contributed by atoms with Crippen LogP contribution in [0.5, 0.6) is 5.75 Å². The van der Waals surface area contributed by atoms with Gasteiger partial charge in [-0.2, -0.15) is 10.2 Å². The first-order valence-corrected chi connectivity index (χ1v) is 9.40. The molecule has 27 heavy (non-hydrogen) atoms. The van der Waals surface area contributed by atoms with Crippen LogP contribution in [0.4, 0.5) is 0 Å². The molecule has 0 bridgehead atoms. The minimum Gasteiger partial charge on any atom is -0.497 e. The molecule has 1 unspecified atom stereocenters. The highest BCUT2D eigenvalue weighted by molar-refractivity contribution is 5.61. The van der Waals surface area contributed by atoms with Gasteiger partial charge in [0.25, 0.3) is 0 Å². The van der Waals surface area contributed by atoms with Crippen LogP contribution in [0.25, 0.3) is 11.3 Å².